The molecule has 2 saturated heterocycles. The summed E-state index contributed by atoms with van der Waals surface area (Å²) in [7, 11) is 0. The van der Waals surface area contributed by atoms with E-state index in [9.17, 15) is 18.0 Å². The molecule has 2 aliphatic rings. The van der Waals surface area contributed by atoms with Crippen LogP contribution in [0.5, 0.6) is 0 Å². The fourth-order valence-electron chi connectivity index (χ4n) is 3.78. The van der Waals surface area contributed by atoms with Crippen LogP contribution in [0.25, 0.3) is 0 Å². The summed E-state index contributed by atoms with van der Waals surface area (Å²) in [5.74, 6) is -2.40. The molecular weight excluding hydrogens is 357 g/mol. The van der Waals surface area contributed by atoms with Crippen LogP contribution in [0.15, 0.2) is 42.5 Å². The largest absolute Gasteiger partial charge is 0.371 e. The summed E-state index contributed by atoms with van der Waals surface area (Å²) in [5.41, 5.74) is 0.824. The van der Waals surface area contributed by atoms with Gasteiger partial charge in [0.1, 0.15) is 5.82 Å². The van der Waals surface area contributed by atoms with E-state index in [1.165, 1.54) is 17.0 Å². The molecule has 2 atom stereocenters. The number of carbonyl (C=O) groups is 1. The van der Waals surface area contributed by atoms with E-state index in [2.05, 4.69) is 0 Å². The molecule has 2 aromatic rings. The number of ether oxygens (including phenoxy) is 1. The van der Waals surface area contributed by atoms with E-state index in [4.69, 9.17) is 4.74 Å². The summed E-state index contributed by atoms with van der Waals surface area (Å²) in [6, 6.07) is 9.55. The Balaban J connectivity index is 1.49. The van der Waals surface area contributed by atoms with E-state index in [-0.39, 0.29) is 17.6 Å². The molecule has 0 radical (unpaired) electrons. The molecule has 2 heterocycles. The molecule has 142 valence electrons. The van der Waals surface area contributed by atoms with Gasteiger partial charge in [0.15, 0.2) is 11.6 Å². The Kier molecular flexibility index (Phi) is 4.88. The summed E-state index contributed by atoms with van der Waals surface area (Å²) in [6.45, 7) is 1.78. The standard InChI is InChI=1S/C20H19F3N2O2/c21-14-6-5-13(11-16(14)23)19-12-24(9-10-27-19)18-7-8-25(20(18)26)17-4-2-1-3-15(17)22/h1-6,11,18-19H,7-10,12H2/t18-,19+/m0/s1. The van der Waals surface area contributed by atoms with Crippen LogP contribution in [0.1, 0.15) is 18.1 Å². The number of hydrogen-bond acceptors (Lipinski definition) is 3. The molecule has 2 aliphatic heterocycles. The van der Waals surface area contributed by atoms with Crippen LogP contribution < -0.4 is 4.90 Å². The first-order valence-corrected chi connectivity index (χ1v) is 8.91. The monoisotopic (exact) mass is 376 g/mol. The quantitative estimate of drug-likeness (QED) is 0.824. The average molecular weight is 376 g/mol. The molecule has 4 rings (SSSR count). The highest BCUT2D eigenvalue weighted by Gasteiger charge is 2.39. The Morgan fingerprint density at radius 3 is 2.56 bits per heavy atom. The van der Waals surface area contributed by atoms with Gasteiger partial charge in [-0.2, -0.15) is 0 Å². The van der Waals surface area contributed by atoms with Crippen molar-refractivity contribution in [2.24, 2.45) is 0 Å². The van der Waals surface area contributed by atoms with Gasteiger partial charge in [-0.3, -0.25) is 9.69 Å². The number of para-hydroxylation sites is 1. The van der Waals surface area contributed by atoms with Crippen LogP contribution in [0.4, 0.5) is 18.9 Å². The maximum Gasteiger partial charge on any atom is 0.244 e. The predicted octanol–water partition coefficient (Wildman–Crippen LogP) is 3.28. The second kappa shape index (κ2) is 7.32. The number of morpholine rings is 1. The highest BCUT2D eigenvalue weighted by molar-refractivity contribution is 5.99. The zero-order chi connectivity index (χ0) is 19.0. The Bertz CT molecular complexity index is 861. The molecule has 0 unspecified atom stereocenters. The first-order chi connectivity index (χ1) is 13.0. The van der Waals surface area contributed by atoms with Crippen molar-refractivity contribution in [2.75, 3.05) is 31.1 Å². The fourth-order valence-corrected chi connectivity index (χ4v) is 3.78. The molecule has 2 aromatic carbocycles. The lowest BCUT2D eigenvalue weighted by Crippen LogP contribution is -2.48. The van der Waals surface area contributed by atoms with Crippen molar-refractivity contribution in [2.45, 2.75) is 18.6 Å². The maximum atomic E-state index is 14.0. The van der Waals surface area contributed by atoms with E-state index >= 15 is 0 Å². The second-order valence-electron chi connectivity index (χ2n) is 6.77. The predicted molar refractivity (Wildman–Crippen MR) is 93.8 cm³/mol. The lowest BCUT2D eigenvalue weighted by molar-refractivity contribution is -0.125. The molecule has 1 amide bonds. The van der Waals surface area contributed by atoms with Gasteiger partial charge >= 0.3 is 0 Å². The number of nitrogens with zero attached hydrogens (tertiary/aromatic N) is 2. The first kappa shape index (κ1) is 18.0. The normalized spacial score (nSPS) is 23.8. The Morgan fingerprint density at radius 2 is 1.78 bits per heavy atom. The number of anilines is 1. The second-order valence-corrected chi connectivity index (χ2v) is 6.77. The third-order valence-corrected chi connectivity index (χ3v) is 5.17. The fraction of sp³-hybridized carbons (Fsp3) is 0.350. The zero-order valence-corrected chi connectivity index (χ0v) is 14.6. The topological polar surface area (TPSA) is 32.8 Å². The highest BCUT2D eigenvalue weighted by Crippen LogP contribution is 2.30. The minimum atomic E-state index is -0.920. The molecule has 0 saturated carbocycles. The van der Waals surface area contributed by atoms with Crippen molar-refractivity contribution in [3.05, 3.63) is 65.5 Å². The van der Waals surface area contributed by atoms with Gasteiger partial charge in [-0.05, 0) is 36.2 Å². The van der Waals surface area contributed by atoms with Gasteiger partial charge in [-0.25, -0.2) is 13.2 Å². The summed E-state index contributed by atoms with van der Waals surface area (Å²) in [4.78, 5) is 16.3. The summed E-state index contributed by atoms with van der Waals surface area (Å²) in [6.07, 6.45) is 0.140. The molecule has 0 bridgehead atoms. The molecular formula is C20H19F3N2O2. The number of benzene rings is 2. The van der Waals surface area contributed by atoms with Gasteiger partial charge in [-0.15, -0.1) is 0 Å². The van der Waals surface area contributed by atoms with Crippen molar-refractivity contribution < 1.29 is 22.7 Å². The average Bonchev–Trinajstić information content (AvgIpc) is 3.06. The molecule has 27 heavy (non-hydrogen) atoms. The lowest BCUT2D eigenvalue weighted by atomic mass is 10.1. The van der Waals surface area contributed by atoms with Gasteiger partial charge in [0.2, 0.25) is 5.91 Å². The van der Waals surface area contributed by atoms with Crippen LogP contribution in [0, 0.1) is 17.5 Å². The molecule has 2 fully saturated rings. The lowest BCUT2D eigenvalue weighted by Gasteiger charge is -2.36. The van der Waals surface area contributed by atoms with Crippen molar-refractivity contribution in [1.29, 1.82) is 0 Å². The number of rotatable bonds is 3. The van der Waals surface area contributed by atoms with Gasteiger partial charge in [-0.1, -0.05) is 18.2 Å². The van der Waals surface area contributed by atoms with E-state index in [1.54, 1.807) is 18.2 Å². The van der Waals surface area contributed by atoms with Crippen LogP contribution >= 0.6 is 0 Å². The molecule has 0 aromatic heterocycles. The SMILES string of the molecule is O=C1[C@@H](N2CCO[C@@H](c3ccc(F)c(F)c3)C2)CCN1c1ccccc1F. The zero-order valence-electron chi connectivity index (χ0n) is 14.6. The minimum Gasteiger partial charge on any atom is -0.371 e. The smallest absolute Gasteiger partial charge is 0.244 e. The van der Waals surface area contributed by atoms with E-state index < -0.39 is 23.6 Å². The van der Waals surface area contributed by atoms with Gasteiger partial charge in [0, 0.05) is 19.6 Å². The third kappa shape index (κ3) is 3.44. The van der Waals surface area contributed by atoms with Crippen molar-refractivity contribution in [3.63, 3.8) is 0 Å². The summed E-state index contributed by atoms with van der Waals surface area (Å²) in [5, 5.41) is 0. The molecule has 0 spiro atoms. The summed E-state index contributed by atoms with van der Waals surface area (Å²) < 4.78 is 46.4. The number of amides is 1. The van der Waals surface area contributed by atoms with E-state index in [1.807, 2.05) is 4.90 Å². The number of hydrogen-bond donors (Lipinski definition) is 0. The Morgan fingerprint density at radius 1 is 0.963 bits per heavy atom. The Labute approximate surface area is 155 Å². The van der Waals surface area contributed by atoms with Crippen LogP contribution in [0.3, 0.4) is 0 Å². The molecule has 7 heteroatoms. The van der Waals surface area contributed by atoms with Crippen molar-refractivity contribution in [3.8, 4) is 0 Å². The van der Waals surface area contributed by atoms with E-state index in [0.29, 0.717) is 38.2 Å². The first-order valence-electron chi connectivity index (χ1n) is 8.91. The third-order valence-electron chi connectivity index (χ3n) is 5.17. The van der Waals surface area contributed by atoms with Crippen LogP contribution in [0.2, 0.25) is 0 Å². The number of carbonyl (C=O) groups excluding carboxylic acids is 1. The van der Waals surface area contributed by atoms with Crippen LogP contribution in [-0.4, -0.2) is 43.1 Å². The van der Waals surface area contributed by atoms with Gasteiger partial charge < -0.3 is 9.64 Å². The van der Waals surface area contributed by atoms with Gasteiger partial charge in [0.25, 0.3) is 0 Å². The van der Waals surface area contributed by atoms with Crippen molar-refractivity contribution in [1.82, 2.24) is 4.90 Å². The van der Waals surface area contributed by atoms with Crippen LogP contribution in [-0.2, 0) is 9.53 Å². The number of halogens is 3. The molecule has 0 aliphatic carbocycles. The Hall–Kier alpha value is -2.38. The summed E-state index contributed by atoms with van der Waals surface area (Å²) >= 11 is 0. The molecule has 4 nitrogen and oxygen atoms in total. The minimum absolute atomic E-state index is 0.147. The highest BCUT2D eigenvalue weighted by atomic mass is 19.2. The van der Waals surface area contributed by atoms with Crippen molar-refractivity contribution >= 4 is 11.6 Å². The molecule has 0 N–H and O–H groups in total. The van der Waals surface area contributed by atoms with Gasteiger partial charge in [0.05, 0.1) is 24.4 Å². The maximum absolute atomic E-state index is 14.0. The van der Waals surface area contributed by atoms with E-state index in [0.717, 1.165) is 12.1 Å².